The van der Waals surface area contributed by atoms with Gasteiger partial charge in [-0.3, -0.25) is 9.97 Å². The lowest BCUT2D eigenvalue weighted by atomic mass is 10.1. The number of imidazole rings is 2. The molecule has 0 aliphatic carbocycles. The highest BCUT2D eigenvalue weighted by Gasteiger charge is 2.20. The first-order valence-corrected chi connectivity index (χ1v) is 16.9. The van der Waals surface area contributed by atoms with Crippen LogP contribution in [0.3, 0.4) is 0 Å². The van der Waals surface area contributed by atoms with E-state index in [1.54, 1.807) is 12.4 Å². The van der Waals surface area contributed by atoms with E-state index in [1.165, 1.54) is 0 Å². The van der Waals surface area contributed by atoms with Gasteiger partial charge in [0.1, 0.15) is 11.6 Å². The molecule has 2 N–H and O–H groups in total. The Morgan fingerprint density at radius 1 is 0.500 bits per heavy atom. The number of nitrogens with zero attached hydrogens (tertiary/aromatic N) is 7. The van der Waals surface area contributed by atoms with Crippen LogP contribution >= 0.6 is 0 Å². The number of aromatic nitrogens is 6. The lowest BCUT2D eigenvalue weighted by molar-refractivity contribution is 0.932. The molecule has 0 amide bonds. The molecule has 8 heteroatoms. The zero-order valence-electron chi connectivity index (χ0n) is 28.9. The maximum absolute atomic E-state index is 9.02. The molecular weight excluding hydrogens is 641 g/mol. The number of nitrogens with two attached hydrogens (primary N) is 1. The van der Waals surface area contributed by atoms with Crippen molar-refractivity contribution in [1.29, 1.82) is 5.26 Å². The lowest BCUT2D eigenvalue weighted by Gasteiger charge is -2.08. The molecule has 8 nitrogen and oxygen atoms in total. The summed E-state index contributed by atoms with van der Waals surface area (Å²) in [5.41, 5.74) is 17.9. The molecule has 0 atom stereocenters. The van der Waals surface area contributed by atoms with Crippen molar-refractivity contribution in [3.05, 3.63) is 169 Å². The molecule has 4 aromatic carbocycles. The average molecular weight is 677 g/mol. The Labute approximate surface area is 303 Å². The van der Waals surface area contributed by atoms with Crippen molar-refractivity contribution in [2.75, 3.05) is 0 Å². The Morgan fingerprint density at radius 3 is 1.29 bits per heavy atom. The van der Waals surface area contributed by atoms with Crippen LogP contribution < -0.4 is 5.73 Å². The van der Waals surface area contributed by atoms with Crippen molar-refractivity contribution in [2.45, 2.75) is 6.54 Å². The number of hydrogen-bond donors (Lipinski definition) is 1. The number of rotatable bonds is 7. The molecule has 0 saturated heterocycles. The van der Waals surface area contributed by atoms with Gasteiger partial charge in [-0.05, 0) is 54.1 Å². The second-order valence-corrected chi connectivity index (χ2v) is 12.2. The van der Waals surface area contributed by atoms with Gasteiger partial charge in [0.05, 0.1) is 34.4 Å². The highest BCUT2D eigenvalue weighted by molar-refractivity contribution is 5.83. The summed E-state index contributed by atoms with van der Waals surface area (Å²) in [4.78, 5) is 18.2. The molecule has 0 spiro atoms. The first-order chi connectivity index (χ1) is 25.6. The molecule has 0 unspecified atom stereocenters. The smallest absolute Gasteiger partial charge is 0.140 e. The second kappa shape index (κ2) is 15.3. The number of hydrogen-bond acceptors (Lipinski definition) is 6. The van der Waals surface area contributed by atoms with Gasteiger partial charge in [0.2, 0.25) is 0 Å². The average Bonchev–Trinajstić information content (AvgIpc) is 3.76. The van der Waals surface area contributed by atoms with Gasteiger partial charge in [-0.25, -0.2) is 9.97 Å². The molecule has 0 saturated carbocycles. The summed E-state index contributed by atoms with van der Waals surface area (Å²) in [5.74, 6) is 1.79. The molecule has 52 heavy (non-hydrogen) atoms. The van der Waals surface area contributed by atoms with E-state index in [-0.39, 0.29) is 0 Å². The predicted octanol–water partition coefficient (Wildman–Crippen LogP) is 8.96. The highest BCUT2D eigenvalue weighted by Crippen LogP contribution is 2.36. The van der Waals surface area contributed by atoms with E-state index in [9.17, 15) is 0 Å². The first kappa shape index (κ1) is 33.5. The van der Waals surface area contributed by atoms with Gasteiger partial charge in [0.25, 0.3) is 0 Å². The Kier molecular flexibility index (Phi) is 9.87. The molecule has 4 heterocycles. The minimum Gasteiger partial charge on any atom is -0.327 e. The maximum atomic E-state index is 9.02. The molecule has 0 radical (unpaired) electrons. The van der Waals surface area contributed by atoms with Crippen LogP contribution in [-0.2, 0) is 20.6 Å². The topological polar surface area (TPSA) is 111 Å². The van der Waals surface area contributed by atoms with Crippen LogP contribution in [0.4, 0.5) is 0 Å². The fourth-order valence-corrected chi connectivity index (χ4v) is 6.27. The molecule has 0 aliphatic rings. The summed E-state index contributed by atoms with van der Waals surface area (Å²) >= 11 is 0. The second-order valence-electron chi connectivity index (χ2n) is 12.2. The van der Waals surface area contributed by atoms with E-state index in [4.69, 9.17) is 21.0 Å². The van der Waals surface area contributed by atoms with Crippen LogP contribution in [0.5, 0.6) is 0 Å². The Balaban J connectivity index is 0.000000162. The first-order valence-electron chi connectivity index (χ1n) is 16.9. The van der Waals surface area contributed by atoms with Crippen LogP contribution in [0.25, 0.3) is 67.8 Å². The zero-order chi connectivity index (χ0) is 35.9. The molecule has 0 aliphatic heterocycles. The van der Waals surface area contributed by atoms with Crippen LogP contribution in [0.1, 0.15) is 11.1 Å². The highest BCUT2D eigenvalue weighted by atomic mass is 15.1. The summed E-state index contributed by atoms with van der Waals surface area (Å²) in [5, 5.41) is 9.02. The third kappa shape index (κ3) is 6.90. The molecule has 252 valence electrons. The van der Waals surface area contributed by atoms with E-state index in [2.05, 4.69) is 80.7 Å². The zero-order valence-corrected chi connectivity index (χ0v) is 28.9. The standard InChI is InChI=1S/C22H20N4.C22H16N4/c2*1-26-21(18-11-13-24-14-12-18)20(17-5-3-2-4-6-17)25-22(26)19-9-7-16(15-23)8-10-19/h2-14H,15,23H2,1H3;2-14H,1H3. The van der Waals surface area contributed by atoms with Gasteiger partial charge in [-0.15, -0.1) is 0 Å². The summed E-state index contributed by atoms with van der Waals surface area (Å²) in [6.45, 7) is 0.540. The van der Waals surface area contributed by atoms with Gasteiger partial charge >= 0.3 is 0 Å². The Hall–Kier alpha value is -6.95. The van der Waals surface area contributed by atoms with Crippen molar-refractivity contribution in [3.63, 3.8) is 0 Å². The van der Waals surface area contributed by atoms with Crippen LogP contribution in [0.2, 0.25) is 0 Å². The fraction of sp³-hybridized carbons (Fsp3) is 0.0682. The van der Waals surface area contributed by atoms with Gasteiger partial charge < -0.3 is 14.9 Å². The minimum atomic E-state index is 0.540. The van der Waals surface area contributed by atoms with Crippen LogP contribution in [0.15, 0.2) is 158 Å². The van der Waals surface area contributed by atoms with Gasteiger partial charge in [-0.1, -0.05) is 84.9 Å². The normalized spacial score (nSPS) is 10.7. The third-order valence-corrected chi connectivity index (χ3v) is 8.91. The van der Waals surface area contributed by atoms with E-state index in [0.29, 0.717) is 12.1 Å². The monoisotopic (exact) mass is 676 g/mol. The van der Waals surface area contributed by atoms with E-state index in [1.807, 2.05) is 104 Å². The van der Waals surface area contributed by atoms with Gasteiger partial charge in [-0.2, -0.15) is 5.26 Å². The quantitative estimate of drug-likeness (QED) is 0.180. The SMILES string of the molecule is Cn1c(-c2ccc(C#N)cc2)nc(-c2ccccc2)c1-c1ccncc1.Cn1c(-c2ccc(CN)cc2)nc(-c2ccccc2)c1-c1ccncc1. The van der Waals surface area contributed by atoms with Crippen LogP contribution in [-0.4, -0.2) is 29.1 Å². The predicted molar refractivity (Wildman–Crippen MR) is 207 cm³/mol. The van der Waals surface area contributed by atoms with Crippen molar-refractivity contribution in [3.8, 4) is 73.9 Å². The maximum Gasteiger partial charge on any atom is 0.140 e. The number of nitriles is 1. The number of pyridine rings is 2. The summed E-state index contributed by atoms with van der Waals surface area (Å²) in [6, 6.07) is 46.4. The summed E-state index contributed by atoms with van der Waals surface area (Å²) in [6.07, 6.45) is 7.20. The van der Waals surface area contributed by atoms with Crippen molar-refractivity contribution >= 4 is 0 Å². The van der Waals surface area contributed by atoms with Crippen molar-refractivity contribution < 1.29 is 0 Å². The molecule has 0 fully saturated rings. The molecule has 8 rings (SSSR count). The fourth-order valence-electron chi connectivity index (χ4n) is 6.27. The number of benzene rings is 4. The van der Waals surface area contributed by atoms with E-state index >= 15 is 0 Å². The Bertz CT molecular complexity index is 2430. The lowest BCUT2D eigenvalue weighted by Crippen LogP contribution is -1.98. The van der Waals surface area contributed by atoms with E-state index < -0.39 is 0 Å². The van der Waals surface area contributed by atoms with Crippen LogP contribution in [0, 0.1) is 11.3 Å². The minimum absolute atomic E-state index is 0.540. The van der Waals surface area contributed by atoms with Gasteiger partial charge in [0, 0.05) is 78.8 Å². The largest absolute Gasteiger partial charge is 0.327 e. The molecule has 0 bridgehead atoms. The molecular formula is C44H36N8. The summed E-state index contributed by atoms with van der Waals surface area (Å²) in [7, 11) is 4.07. The van der Waals surface area contributed by atoms with Crippen molar-refractivity contribution in [2.24, 2.45) is 19.8 Å². The molecule has 8 aromatic rings. The van der Waals surface area contributed by atoms with Crippen molar-refractivity contribution in [1.82, 2.24) is 29.1 Å². The van der Waals surface area contributed by atoms with Gasteiger partial charge in [0.15, 0.2) is 0 Å². The van der Waals surface area contributed by atoms with E-state index in [0.717, 1.165) is 73.4 Å². The molecule has 4 aromatic heterocycles. The third-order valence-electron chi connectivity index (χ3n) is 8.91. The summed E-state index contributed by atoms with van der Waals surface area (Å²) < 4.78 is 4.24. The Morgan fingerprint density at radius 2 is 0.904 bits per heavy atom.